The molecule has 1 fully saturated rings. The van der Waals surface area contributed by atoms with E-state index in [1.165, 1.54) is 13.0 Å². The predicted octanol–water partition coefficient (Wildman–Crippen LogP) is 4.24. The number of aldehydes is 1. The van der Waals surface area contributed by atoms with Crippen LogP contribution < -0.4 is 10.1 Å². The van der Waals surface area contributed by atoms with Crippen LogP contribution in [-0.4, -0.2) is 49.1 Å². The monoisotopic (exact) mass is 406 g/mol. The van der Waals surface area contributed by atoms with Crippen molar-refractivity contribution in [3.8, 4) is 5.75 Å². The van der Waals surface area contributed by atoms with Crippen molar-refractivity contribution >= 4 is 23.6 Å². The Balaban J connectivity index is 0.000000260. The number of nitrogens with one attached hydrogen (secondary N) is 1. The number of hydrogen-bond donors (Lipinski definition) is 2. The topological polar surface area (TPSA) is 61.8 Å². The van der Waals surface area contributed by atoms with Crippen LogP contribution in [0, 0.1) is 0 Å². The zero-order valence-corrected chi connectivity index (χ0v) is 17.7. The number of benzene rings is 2. The number of likely N-dealkylation sites (N-methyl/N-ethyl adjacent to an activating group) is 1. The summed E-state index contributed by atoms with van der Waals surface area (Å²) in [6, 6.07) is 15.4. The molecular weight excluding hydrogens is 376 g/mol. The maximum absolute atomic E-state index is 9.94. The summed E-state index contributed by atoms with van der Waals surface area (Å²) in [6.45, 7) is 6.40. The molecule has 1 aliphatic rings. The van der Waals surface area contributed by atoms with Crippen LogP contribution in [0.1, 0.15) is 25.8 Å². The van der Waals surface area contributed by atoms with Gasteiger partial charge in [0.25, 0.3) is 0 Å². The summed E-state index contributed by atoms with van der Waals surface area (Å²) in [4.78, 5) is 12.3. The molecule has 1 heterocycles. The number of ether oxygens (including phenoxy) is 1. The van der Waals surface area contributed by atoms with Gasteiger partial charge in [0.15, 0.2) is 6.29 Å². The fourth-order valence-electron chi connectivity index (χ4n) is 2.66. The summed E-state index contributed by atoms with van der Waals surface area (Å²) in [5.41, 5.74) is 1.99. The molecule has 0 radical (unpaired) electrons. The number of likely N-dealkylation sites (tertiary alicyclic amines) is 1. The van der Waals surface area contributed by atoms with Gasteiger partial charge < -0.3 is 20.1 Å². The van der Waals surface area contributed by atoms with Crippen LogP contribution in [0.2, 0.25) is 5.02 Å². The Hall–Kier alpha value is -2.08. The summed E-state index contributed by atoms with van der Waals surface area (Å²) in [5.74, 6) is 0.638. The third kappa shape index (κ3) is 9.22. The first-order chi connectivity index (χ1) is 13.6. The minimum absolute atomic E-state index is 0.0218. The van der Waals surface area contributed by atoms with Crippen molar-refractivity contribution in [2.24, 2.45) is 0 Å². The first-order valence-electron chi connectivity index (χ1n) is 9.57. The molecule has 3 rings (SSSR count). The second kappa shape index (κ2) is 14.0. The standard InChI is InChI=1S/C11H15ClN2.C9H10O3.C2H6/c1-14-7-6-11(8-14)13-10-4-2-9(12)3-5-10;10-5-6-12-9-3-1-8(7-11)2-4-9;1-2/h2-5,11,13H,6-8H2,1H3;1-5,11H,6-7H2;1-2H3. The number of hydrogen-bond acceptors (Lipinski definition) is 5. The number of rotatable bonds is 6. The molecule has 2 N–H and O–H groups in total. The first kappa shape index (κ1) is 24.0. The van der Waals surface area contributed by atoms with Gasteiger partial charge in [-0.3, -0.25) is 4.79 Å². The minimum Gasteiger partial charge on any atom is -0.486 e. The third-order valence-corrected chi connectivity index (χ3v) is 4.28. The molecule has 5 nitrogen and oxygen atoms in total. The van der Waals surface area contributed by atoms with E-state index < -0.39 is 0 Å². The van der Waals surface area contributed by atoms with Crippen molar-refractivity contribution in [1.82, 2.24) is 4.90 Å². The number of halogens is 1. The van der Waals surface area contributed by atoms with E-state index in [4.69, 9.17) is 21.4 Å². The van der Waals surface area contributed by atoms with Gasteiger partial charge in [0.05, 0.1) is 6.61 Å². The van der Waals surface area contributed by atoms with Crippen LogP contribution in [0.3, 0.4) is 0 Å². The van der Waals surface area contributed by atoms with E-state index in [0.29, 0.717) is 18.1 Å². The summed E-state index contributed by atoms with van der Waals surface area (Å²) in [5, 5.41) is 13.0. The highest BCUT2D eigenvalue weighted by atomic mass is 35.5. The van der Waals surface area contributed by atoms with Gasteiger partial charge in [-0.15, -0.1) is 0 Å². The molecule has 0 saturated carbocycles. The van der Waals surface area contributed by atoms with E-state index in [1.807, 2.05) is 38.1 Å². The summed E-state index contributed by atoms with van der Waals surface area (Å²) < 4.78 is 5.00. The molecule has 0 bridgehead atoms. The van der Waals surface area contributed by atoms with Crippen molar-refractivity contribution in [3.63, 3.8) is 0 Å². The lowest BCUT2D eigenvalue weighted by Gasteiger charge is -2.14. The number of aliphatic hydroxyl groups excluding tert-OH is 1. The molecule has 0 aliphatic carbocycles. The lowest BCUT2D eigenvalue weighted by atomic mass is 10.2. The number of carbonyl (C=O) groups is 1. The highest BCUT2D eigenvalue weighted by molar-refractivity contribution is 6.30. The quantitative estimate of drug-likeness (QED) is 0.702. The molecule has 0 amide bonds. The van der Waals surface area contributed by atoms with Gasteiger partial charge in [0.2, 0.25) is 0 Å². The van der Waals surface area contributed by atoms with Gasteiger partial charge >= 0.3 is 0 Å². The number of nitrogens with zero attached hydrogens (tertiary/aromatic N) is 1. The predicted molar refractivity (Wildman–Crippen MR) is 116 cm³/mol. The Morgan fingerprint density at radius 1 is 1.18 bits per heavy atom. The Morgan fingerprint density at radius 3 is 2.32 bits per heavy atom. The minimum atomic E-state index is 0.0218. The van der Waals surface area contributed by atoms with E-state index in [9.17, 15) is 4.79 Å². The summed E-state index contributed by atoms with van der Waals surface area (Å²) in [6.07, 6.45) is 1.92. The molecule has 1 unspecified atom stereocenters. The lowest BCUT2D eigenvalue weighted by Crippen LogP contribution is -2.23. The van der Waals surface area contributed by atoms with E-state index in [1.54, 1.807) is 24.3 Å². The van der Waals surface area contributed by atoms with E-state index >= 15 is 0 Å². The average molecular weight is 407 g/mol. The maximum atomic E-state index is 9.94. The SMILES string of the molecule is CC.CN1CCC(Nc2ccc(Cl)cc2)C1.O=CCOc1ccc(CO)cc1. The van der Waals surface area contributed by atoms with Crippen LogP contribution in [0.4, 0.5) is 5.69 Å². The normalized spacial score (nSPS) is 15.5. The van der Waals surface area contributed by atoms with Crippen LogP contribution >= 0.6 is 11.6 Å². The van der Waals surface area contributed by atoms with Crippen molar-refractivity contribution in [3.05, 3.63) is 59.1 Å². The Labute approximate surface area is 173 Å². The largest absolute Gasteiger partial charge is 0.486 e. The van der Waals surface area contributed by atoms with Crippen molar-refractivity contribution in [2.75, 3.05) is 32.1 Å². The molecule has 28 heavy (non-hydrogen) atoms. The Kier molecular flexibility index (Phi) is 12.0. The highest BCUT2D eigenvalue weighted by Crippen LogP contribution is 2.17. The zero-order chi connectivity index (χ0) is 20.8. The zero-order valence-electron chi connectivity index (χ0n) is 16.9. The molecule has 1 aliphatic heterocycles. The molecule has 154 valence electrons. The summed E-state index contributed by atoms with van der Waals surface area (Å²) >= 11 is 5.82. The van der Waals surface area contributed by atoms with Gasteiger partial charge in [-0.25, -0.2) is 0 Å². The number of carbonyl (C=O) groups excluding carboxylic acids is 1. The molecule has 2 aromatic rings. The highest BCUT2D eigenvalue weighted by Gasteiger charge is 2.18. The maximum Gasteiger partial charge on any atom is 0.157 e. The molecule has 0 spiro atoms. The fraction of sp³-hybridized carbons (Fsp3) is 0.409. The van der Waals surface area contributed by atoms with Gasteiger partial charge in [-0.1, -0.05) is 37.6 Å². The number of anilines is 1. The Bertz CT molecular complexity index is 662. The van der Waals surface area contributed by atoms with Gasteiger partial charge in [0, 0.05) is 23.3 Å². The van der Waals surface area contributed by atoms with Crippen molar-refractivity contribution in [2.45, 2.75) is 32.9 Å². The Morgan fingerprint density at radius 2 is 1.82 bits per heavy atom. The smallest absolute Gasteiger partial charge is 0.157 e. The molecule has 2 aromatic carbocycles. The van der Waals surface area contributed by atoms with Crippen molar-refractivity contribution < 1.29 is 14.6 Å². The second-order valence-electron chi connectivity index (χ2n) is 6.18. The van der Waals surface area contributed by atoms with E-state index in [-0.39, 0.29) is 13.2 Å². The van der Waals surface area contributed by atoms with Gasteiger partial charge in [-0.05, 0) is 62.0 Å². The van der Waals surface area contributed by atoms with Gasteiger partial charge in [-0.2, -0.15) is 0 Å². The number of aliphatic hydroxyl groups is 1. The summed E-state index contributed by atoms with van der Waals surface area (Å²) in [7, 11) is 2.16. The van der Waals surface area contributed by atoms with Crippen LogP contribution in [-0.2, 0) is 11.4 Å². The average Bonchev–Trinajstić information content (AvgIpc) is 3.15. The van der Waals surface area contributed by atoms with Crippen LogP contribution in [0.25, 0.3) is 0 Å². The fourth-order valence-corrected chi connectivity index (χ4v) is 2.78. The van der Waals surface area contributed by atoms with Crippen LogP contribution in [0.5, 0.6) is 5.75 Å². The van der Waals surface area contributed by atoms with Crippen molar-refractivity contribution in [1.29, 1.82) is 0 Å². The molecule has 1 atom stereocenters. The van der Waals surface area contributed by atoms with Crippen LogP contribution in [0.15, 0.2) is 48.5 Å². The third-order valence-electron chi connectivity index (χ3n) is 4.03. The van der Waals surface area contributed by atoms with E-state index in [2.05, 4.69) is 17.3 Å². The molecular formula is C22H31ClN2O3. The molecule has 0 aromatic heterocycles. The first-order valence-corrected chi connectivity index (χ1v) is 9.95. The molecule has 6 heteroatoms. The second-order valence-corrected chi connectivity index (χ2v) is 6.62. The lowest BCUT2D eigenvalue weighted by molar-refractivity contribution is -0.109. The van der Waals surface area contributed by atoms with Gasteiger partial charge in [0.1, 0.15) is 12.4 Å². The van der Waals surface area contributed by atoms with E-state index in [0.717, 1.165) is 22.8 Å². The molecule has 1 saturated heterocycles.